The maximum atomic E-state index is 12.3. The van der Waals surface area contributed by atoms with Crippen molar-refractivity contribution >= 4 is 34.8 Å². The SMILES string of the molecule is C[C@H]1c2cccn2CCN1C(=S)Nc1ccc(SC(F)F)cc1. The van der Waals surface area contributed by atoms with Crippen molar-refractivity contribution in [2.24, 2.45) is 0 Å². The van der Waals surface area contributed by atoms with Crippen LogP contribution < -0.4 is 5.32 Å². The van der Waals surface area contributed by atoms with E-state index in [2.05, 4.69) is 34.0 Å². The van der Waals surface area contributed by atoms with Gasteiger partial charge in [-0.2, -0.15) is 8.78 Å². The van der Waals surface area contributed by atoms with Crippen molar-refractivity contribution in [1.29, 1.82) is 0 Å². The van der Waals surface area contributed by atoms with Crippen LogP contribution in [0.1, 0.15) is 18.7 Å². The van der Waals surface area contributed by atoms with Gasteiger partial charge in [0.1, 0.15) is 0 Å². The Bertz CT molecular complexity index is 685. The van der Waals surface area contributed by atoms with E-state index in [1.54, 1.807) is 24.3 Å². The molecular formula is C16H17F2N3S2. The molecule has 0 amide bonds. The van der Waals surface area contributed by atoms with Gasteiger partial charge in [0.15, 0.2) is 5.11 Å². The number of fused-ring (bicyclic) bond motifs is 1. The van der Waals surface area contributed by atoms with Gasteiger partial charge < -0.3 is 14.8 Å². The van der Waals surface area contributed by atoms with Gasteiger partial charge in [-0.05, 0) is 55.5 Å². The second-order valence-electron chi connectivity index (χ2n) is 5.33. The Morgan fingerprint density at radius 3 is 2.70 bits per heavy atom. The predicted octanol–water partition coefficient (Wildman–Crippen LogP) is 4.58. The molecule has 0 saturated carbocycles. The van der Waals surface area contributed by atoms with Crippen molar-refractivity contribution in [3.8, 4) is 0 Å². The molecule has 1 aliphatic rings. The predicted molar refractivity (Wildman–Crippen MR) is 94.1 cm³/mol. The molecule has 1 aromatic carbocycles. The Kier molecular flexibility index (Phi) is 4.87. The Morgan fingerprint density at radius 1 is 1.26 bits per heavy atom. The molecule has 0 radical (unpaired) electrons. The van der Waals surface area contributed by atoms with Crippen molar-refractivity contribution in [2.75, 3.05) is 11.9 Å². The molecule has 7 heteroatoms. The van der Waals surface area contributed by atoms with Crippen LogP contribution in [0.15, 0.2) is 47.5 Å². The van der Waals surface area contributed by atoms with Crippen LogP contribution >= 0.6 is 24.0 Å². The zero-order chi connectivity index (χ0) is 16.4. The van der Waals surface area contributed by atoms with Crippen LogP contribution in [-0.2, 0) is 6.54 Å². The first kappa shape index (κ1) is 16.3. The highest BCUT2D eigenvalue weighted by Crippen LogP contribution is 2.28. The number of halogens is 2. The molecule has 122 valence electrons. The number of thioether (sulfide) groups is 1. The van der Waals surface area contributed by atoms with Crippen molar-refractivity contribution in [1.82, 2.24) is 9.47 Å². The number of aromatic nitrogens is 1. The van der Waals surface area contributed by atoms with Gasteiger partial charge in [-0.3, -0.25) is 0 Å². The lowest BCUT2D eigenvalue weighted by Gasteiger charge is -2.36. The fourth-order valence-corrected chi connectivity index (χ4v) is 3.64. The summed E-state index contributed by atoms with van der Waals surface area (Å²) in [6.45, 7) is 3.87. The molecule has 0 bridgehead atoms. The minimum Gasteiger partial charge on any atom is -0.348 e. The number of anilines is 1. The fraction of sp³-hybridized carbons (Fsp3) is 0.312. The second kappa shape index (κ2) is 6.88. The summed E-state index contributed by atoms with van der Waals surface area (Å²) in [5.74, 6) is -2.40. The van der Waals surface area contributed by atoms with Crippen molar-refractivity contribution in [3.05, 3.63) is 48.3 Å². The first-order valence-electron chi connectivity index (χ1n) is 7.32. The van der Waals surface area contributed by atoms with Gasteiger partial charge in [0.05, 0.1) is 6.04 Å². The molecular weight excluding hydrogens is 336 g/mol. The Hall–Kier alpha value is -1.60. The molecule has 3 rings (SSSR count). The number of nitrogens with one attached hydrogen (secondary N) is 1. The van der Waals surface area contributed by atoms with Gasteiger partial charge in [0, 0.05) is 35.6 Å². The lowest BCUT2D eigenvalue weighted by atomic mass is 10.1. The first-order chi connectivity index (χ1) is 11.0. The number of nitrogens with zero attached hydrogens (tertiary/aromatic N) is 2. The largest absolute Gasteiger partial charge is 0.348 e. The molecule has 0 saturated heterocycles. The second-order valence-corrected chi connectivity index (χ2v) is 6.78. The van der Waals surface area contributed by atoms with Gasteiger partial charge in [-0.25, -0.2) is 0 Å². The summed E-state index contributed by atoms with van der Waals surface area (Å²) in [5, 5.41) is 3.85. The molecule has 0 spiro atoms. The highest BCUT2D eigenvalue weighted by Gasteiger charge is 2.25. The average Bonchev–Trinajstić information content (AvgIpc) is 2.98. The van der Waals surface area contributed by atoms with Gasteiger partial charge in [0.2, 0.25) is 0 Å². The highest BCUT2D eigenvalue weighted by molar-refractivity contribution is 7.99. The lowest BCUT2D eigenvalue weighted by molar-refractivity contribution is 0.252. The average molecular weight is 353 g/mol. The smallest absolute Gasteiger partial charge is 0.288 e. The third kappa shape index (κ3) is 3.67. The maximum absolute atomic E-state index is 12.3. The number of hydrogen-bond donors (Lipinski definition) is 1. The van der Waals surface area contributed by atoms with E-state index < -0.39 is 5.76 Å². The summed E-state index contributed by atoms with van der Waals surface area (Å²) < 4.78 is 26.9. The molecule has 0 unspecified atom stereocenters. The third-order valence-corrected chi connectivity index (χ3v) is 4.99. The van der Waals surface area contributed by atoms with Gasteiger partial charge in [-0.1, -0.05) is 11.8 Å². The topological polar surface area (TPSA) is 20.2 Å². The number of rotatable bonds is 3. The van der Waals surface area contributed by atoms with E-state index in [9.17, 15) is 8.78 Å². The Balaban J connectivity index is 1.65. The van der Waals surface area contributed by atoms with E-state index in [1.165, 1.54) is 5.69 Å². The van der Waals surface area contributed by atoms with E-state index >= 15 is 0 Å². The lowest BCUT2D eigenvalue weighted by Crippen LogP contribution is -2.42. The number of alkyl halides is 2. The van der Waals surface area contributed by atoms with Crippen LogP contribution in [0.3, 0.4) is 0 Å². The van der Waals surface area contributed by atoms with Crippen LogP contribution in [0.5, 0.6) is 0 Å². The quantitative estimate of drug-likeness (QED) is 0.644. The fourth-order valence-electron chi connectivity index (χ4n) is 2.77. The zero-order valence-corrected chi connectivity index (χ0v) is 14.2. The molecule has 2 aromatic rings. The summed E-state index contributed by atoms with van der Waals surface area (Å²) in [5.41, 5.74) is 2.05. The first-order valence-corrected chi connectivity index (χ1v) is 8.61. The van der Waals surface area contributed by atoms with E-state index in [-0.39, 0.29) is 6.04 Å². The van der Waals surface area contributed by atoms with Crippen LogP contribution in [-0.4, -0.2) is 26.9 Å². The summed E-state index contributed by atoms with van der Waals surface area (Å²) in [4.78, 5) is 2.69. The van der Waals surface area contributed by atoms with Crippen molar-refractivity contribution in [2.45, 2.75) is 30.2 Å². The number of hydrogen-bond acceptors (Lipinski definition) is 2. The molecule has 1 aliphatic heterocycles. The van der Waals surface area contributed by atoms with Crippen molar-refractivity contribution < 1.29 is 8.78 Å². The molecule has 1 atom stereocenters. The van der Waals surface area contributed by atoms with Gasteiger partial charge in [-0.15, -0.1) is 0 Å². The molecule has 2 heterocycles. The normalized spacial score (nSPS) is 17.2. The van der Waals surface area contributed by atoms with E-state index in [4.69, 9.17) is 12.2 Å². The zero-order valence-electron chi connectivity index (χ0n) is 12.6. The van der Waals surface area contributed by atoms with Crippen LogP contribution in [0.25, 0.3) is 0 Å². The van der Waals surface area contributed by atoms with Crippen LogP contribution in [0, 0.1) is 0 Å². The van der Waals surface area contributed by atoms with E-state index in [0.717, 1.165) is 18.8 Å². The van der Waals surface area contributed by atoms with Crippen LogP contribution in [0.2, 0.25) is 0 Å². The summed E-state index contributed by atoms with van der Waals surface area (Å²) in [6.07, 6.45) is 2.08. The molecule has 0 aliphatic carbocycles. The van der Waals surface area contributed by atoms with Gasteiger partial charge >= 0.3 is 0 Å². The maximum Gasteiger partial charge on any atom is 0.288 e. The highest BCUT2D eigenvalue weighted by atomic mass is 32.2. The van der Waals surface area contributed by atoms with E-state index in [0.29, 0.717) is 21.8 Å². The number of benzene rings is 1. The van der Waals surface area contributed by atoms with Crippen LogP contribution in [0.4, 0.5) is 14.5 Å². The molecule has 1 N–H and O–H groups in total. The summed E-state index contributed by atoms with van der Waals surface area (Å²) in [6, 6.07) is 11.2. The molecule has 1 aromatic heterocycles. The molecule has 3 nitrogen and oxygen atoms in total. The summed E-state index contributed by atoms with van der Waals surface area (Å²) in [7, 11) is 0. The van der Waals surface area contributed by atoms with Gasteiger partial charge in [0.25, 0.3) is 5.76 Å². The molecule has 0 fully saturated rings. The standard InChI is InChI=1S/C16H17F2N3S2/c1-11-14-3-2-8-20(14)9-10-21(11)16(22)19-12-4-6-13(7-5-12)23-15(17)18/h2-8,11,15H,9-10H2,1H3,(H,19,22)/t11-/m0/s1. The Labute approximate surface area is 143 Å². The third-order valence-electron chi connectivity index (χ3n) is 3.93. The minimum atomic E-state index is -2.40. The number of thiocarbonyl (C=S) groups is 1. The van der Waals surface area contributed by atoms with E-state index in [1.807, 2.05) is 6.07 Å². The minimum absolute atomic E-state index is 0.201. The monoisotopic (exact) mass is 353 g/mol. The Morgan fingerprint density at radius 2 is 2.00 bits per heavy atom. The molecule has 23 heavy (non-hydrogen) atoms. The van der Waals surface area contributed by atoms with Crippen molar-refractivity contribution in [3.63, 3.8) is 0 Å². The summed E-state index contributed by atoms with van der Waals surface area (Å²) >= 11 is 6.06.